The van der Waals surface area contributed by atoms with E-state index < -0.39 is 0 Å². The highest BCUT2D eigenvalue weighted by atomic mass is 16.5. The van der Waals surface area contributed by atoms with E-state index >= 15 is 0 Å². The zero-order valence-corrected chi connectivity index (χ0v) is 13.1. The second-order valence-electron chi connectivity index (χ2n) is 5.80. The van der Waals surface area contributed by atoms with Crippen LogP contribution in [0, 0.1) is 5.92 Å². The molecule has 0 radical (unpaired) electrons. The first-order chi connectivity index (χ1) is 10.7. The van der Waals surface area contributed by atoms with Gasteiger partial charge >= 0.3 is 5.97 Å². The van der Waals surface area contributed by atoms with E-state index in [2.05, 4.69) is 10.3 Å². The van der Waals surface area contributed by atoms with E-state index in [1.165, 1.54) is 7.11 Å². The summed E-state index contributed by atoms with van der Waals surface area (Å²) in [6, 6.07) is 3.73. The van der Waals surface area contributed by atoms with E-state index in [-0.39, 0.29) is 23.8 Å². The standard InChI is InChI=1S/C17H24N2O3/c1-22-17(21)14-5-3-2-4-6-15(14)19-16(20)8-7-13-9-11-18-12-10-13/h9-12,14-15H,2-8H2,1H3,(H,19,20)/t14-,15+/m0/s1. The smallest absolute Gasteiger partial charge is 0.310 e. The van der Waals surface area contributed by atoms with E-state index in [1.807, 2.05) is 12.1 Å². The van der Waals surface area contributed by atoms with Crippen molar-refractivity contribution in [2.24, 2.45) is 5.92 Å². The summed E-state index contributed by atoms with van der Waals surface area (Å²) in [5.74, 6) is -0.420. The lowest BCUT2D eigenvalue weighted by Gasteiger charge is -2.24. The molecule has 0 saturated heterocycles. The van der Waals surface area contributed by atoms with Crippen LogP contribution in [0.1, 0.15) is 44.1 Å². The van der Waals surface area contributed by atoms with Crippen LogP contribution < -0.4 is 5.32 Å². The highest BCUT2D eigenvalue weighted by Crippen LogP contribution is 2.24. The van der Waals surface area contributed by atoms with Crippen LogP contribution in [0.5, 0.6) is 0 Å². The average molecular weight is 304 g/mol. The van der Waals surface area contributed by atoms with Crippen molar-refractivity contribution in [3.63, 3.8) is 0 Å². The third-order valence-electron chi connectivity index (χ3n) is 4.26. The second kappa shape index (κ2) is 8.51. The van der Waals surface area contributed by atoms with E-state index in [9.17, 15) is 9.59 Å². The van der Waals surface area contributed by atoms with Crippen LogP contribution in [0.2, 0.25) is 0 Å². The van der Waals surface area contributed by atoms with Gasteiger partial charge in [-0.25, -0.2) is 0 Å². The molecule has 1 saturated carbocycles. The summed E-state index contributed by atoms with van der Waals surface area (Å²) in [7, 11) is 1.41. The number of aromatic nitrogens is 1. The van der Waals surface area contributed by atoms with Gasteiger partial charge in [0, 0.05) is 24.9 Å². The van der Waals surface area contributed by atoms with E-state index in [1.54, 1.807) is 12.4 Å². The third-order valence-corrected chi connectivity index (χ3v) is 4.26. The third kappa shape index (κ3) is 4.83. The Kier molecular flexibility index (Phi) is 6.37. The first-order valence-electron chi connectivity index (χ1n) is 7.97. The molecule has 0 aliphatic heterocycles. The lowest BCUT2D eigenvalue weighted by molar-refractivity contribution is -0.147. The number of hydrogen-bond donors (Lipinski definition) is 1. The van der Waals surface area contributed by atoms with Gasteiger partial charge in [0.25, 0.3) is 0 Å². The van der Waals surface area contributed by atoms with Crippen LogP contribution >= 0.6 is 0 Å². The second-order valence-corrected chi connectivity index (χ2v) is 5.80. The highest BCUT2D eigenvalue weighted by molar-refractivity contribution is 5.78. The first kappa shape index (κ1) is 16.5. The van der Waals surface area contributed by atoms with Gasteiger partial charge in [-0.2, -0.15) is 0 Å². The molecule has 1 amide bonds. The Morgan fingerprint density at radius 2 is 1.95 bits per heavy atom. The molecule has 1 aromatic rings. The monoisotopic (exact) mass is 304 g/mol. The Bertz CT molecular complexity index is 490. The zero-order chi connectivity index (χ0) is 15.8. The minimum absolute atomic E-state index is 0.00221. The number of ether oxygens (including phenoxy) is 1. The summed E-state index contributed by atoms with van der Waals surface area (Å²) in [6.07, 6.45) is 9.38. The number of carbonyl (C=O) groups is 2. The lowest BCUT2D eigenvalue weighted by atomic mass is 9.94. The molecule has 1 aliphatic carbocycles. The normalized spacial score (nSPS) is 21.7. The number of hydrogen-bond acceptors (Lipinski definition) is 4. The van der Waals surface area contributed by atoms with Gasteiger partial charge in [0.2, 0.25) is 5.91 Å². The minimum atomic E-state index is -0.211. The van der Waals surface area contributed by atoms with Crippen molar-refractivity contribution in [2.75, 3.05) is 7.11 Å². The van der Waals surface area contributed by atoms with E-state index in [0.29, 0.717) is 12.8 Å². The summed E-state index contributed by atoms with van der Waals surface area (Å²) in [6.45, 7) is 0. The average Bonchev–Trinajstić information content (AvgIpc) is 2.78. The van der Waals surface area contributed by atoms with Gasteiger partial charge in [0.1, 0.15) is 0 Å². The van der Waals surface area contributed by atoms with Gasteiger partial charge < -0.3 is 10.1 Å². The van der Waals surface area contributed by atoms with Gasteiger partial charge in [0.15, 0.2) is 0 Å². The van der Waals surface area contributed by atoms with E-state index in [4.69, 9.17) is 4.74 Å². The maximum absolute atomic E-state index is 12.2. The Labute approximate surface area is 131 Å². The molecular weight excluding hydrogens is 280 g/mol. The molecule has 1 fully saturated rings. The van der Waals surface area contributed by atoms with Crippen molar-refractivity contribution in [1.29, 1.82) is 0 Å². The number of rotatable bonds is 5. The van der Waals surface area contributed by atoms with E-state index in [0.717, 1.165) is 37.7 Å². The van der Waals surface area contributed by atoms with Gasteiger partial charge in [-0.05, 0) is 37.0 Å². The molecule has 0 aromatic carbocycles. The zero-order valence-electron chi connectivity index (χ0n) is 13.1. The molecule has 1 aliphatic rings. The molecule has 1 heterocycles. The van der Waals surface area contributed by atoms with Crippen molar-refractivity contribution < 1.29 is 14.3 Å². The molecule has 22 heavy (non-hydrogen) atoms. The number of nitrogens with one attached hydrogen (secondary N) is 1. The molecule has 0 spiro atoms. The number of carbonyl (C=O) groups excluding carboxylic acids is 2. The SMILES string of the molecule is COC(=O)[C@H]1CCCCC[C@H]1NC(=O)CCc1ccncc1. The fraction of sp³-hybridized carbons (Fsp3) is 0.588. The number of aryl methyl sites for hydroxylation is 1. The van der Waals surface area contributed by atoms with Crippen molar-refractivity contribution >= 4 is 11.9 Å². The predicted molar refractivity (Wildman–Crippen MR) is 83.1 cm³/mol. The predicted octanol–water partition coefficient (Wildman–Crippen LogP) is 2.25. The van der Waals surface area contributed by atoms with Crippen molar-refractivity contribution in [2.45, 2.75) is 51.0 Å². The summed E-state index contributed by atoms with van der Waals surface area (Å²) in [5.41, 5.74) is 1.09. The summed E-state index contributed by atoms with van der Waals surface area (Å²) in [4.78, 5) is 28.0. The minimum Gasteiger partial charge on any atom is -0.469 e. The summed E-state index contributed by atoms with van der Waals surface area (Å²) < 4.78 is 4.89. The van der Waals surface area contributed by atoms with Crippen molar-refractivity contribution in [3.05, 3.63) is 30.1 Å². The fourth-order valence-electron chi connectivity index (χ4n) is 3.00. The topological polar surface area (TPSA) is 68.3 Å². The number of pyridine rings is 1. The molecule has 1 aromatic heterocycles. The summed E-state index contributed by atoms with van der Waals surface area (Å²) in [5, 5.41) is 3.04. The Hall–Kier alpha value is -1.91. The van der Waals surface area contributed by atoms with Gasteiger partial charge in [-0.3, -0.25) is 14.6 Å². The number of esters is 1. The maximum atomic E-state index is 12.2. The molecule has 120 valence electrons. The Balaban J connectivity index is 1.88. The molecular formula is C17H24N2O3. The molecule has 0 bridgehead atoms. The number of methoxy groups -OCH3 is 1. The van der Waals surface area contributed by atoms with Crippen LogP contribution in [-0.4, -0.2) is 30.0 Å². The molecule has 2 rings (SSSR count). The van der Waals surface area contributed by atoms with Crippen LogP contribution in [0.3, 0.4) is 0 Å². The Morgan fingerprint density at radius 1 is 1.23 bits per heavy atom. The quantitative estimate of drug-likeness (QED) is 0.669. The molecule has 5 nitrogen and oxygen atoms in total. The van der Waals surface area contributed by atoms with Gasteiger partial charge in [0.05, 0.1) is 13.0 Å². The molecule has 1 N–H and O–H groups in total. The van der Waals surface area contributed by atoms with Crippen LogP contribution in [-0.2, 0) is 20.7 Å². The largest absolute Gasteiger partial charge is 0.469 e. The maximum Gasteiger partial charge on any atom is 0.310 e. The van der Waals surface area contributed by atoms with Crippen LogP contribution in [0.15, 0.2) is 24.5 Å². The van der Waals surface area contributed by atoms with Gasteiger partial charge in [-0.1, -0.05) is 19.3 Å². The molecule has 2 atom stereocenters. The fourth-order valence-corrected chi connectivity index (χ4v) is 3.00. The first-order valence-corrected chi connectivity index (χ1v) is 7.97. The van der Waals surface area contributed by atoms with Crippen molar-refractivity contribution in [1.82, 2.24) is 10.3 Å². The van der Waals surface area contributed by atoms with Crippen LogP contribution in [0.4, 0.5) is 0 Å². The Morgan fingerprint density at radius 3 is 2.68 bits per heavy atom. The molecule has 0 unspecified atom stereocenters. The summed E-state index contributed by atoms with van der Waals surface area (Å²) >= 11 is 0. The lowest BCUT2D eigenvalue weighted by Crippen LogP contribution is -2.43. The highest BCUT2D eigenvalue weighted by Gasteiger charge is 2.31. The molecule has 5 heteroatoms. The van der Waals surface area contributed by atoms with Crippen molar-refractivity contribution in [3.8, 4) is 0 Å². The van der Waals surface area contributed by atoms with Gasteiger partial charge in [-0.15, -0.1) is 0 Å². The number of amides is 1. The van der Waals surface area contributed by atoms with Crippen LogP contribution in [0.25, 0.3) is 0 Å². The number of nitrogens with zero attached hydrogens (tertiary/aromatic N) is 1.